The molecule has 53 heavy (non-hydrogen) atoms. The highest BCUT2D eigenvalue weighted by Gasteiger charge is 2.81. The Morgan fingerprint density at radius 1 is 0.887 bits per heavy atom. The van der Waals surface area contributed by atoms with Crippen molar-refractivity contribution in [2.75, 3.05) is 19.8 Å². The Morgan fingerprint density at radius 2 is 1.45 bits per heavy atom. The maximum atomic E-state index is 13.6. The van der Waals surface area contributed by atoms with Gasteiger partial charge in [0.05, 0.1) is 24.5 Å². The summed E-state index contributed by atoms with van der Waals surface area (Å²) in [6.45, 7) is 8.94. The van der Waals surface area contributed by atoms with Gasteiger partial charge < -0.3 is 48.1 Å². The molecular formula is C36H48O17. The van der Waals surface area contributed by atoms with Gasteiger partial charge in [-0.3, -0.25) is 28.8 Å². The van der Waals surface area contributed by atoms with E-state index in [1.54, 1.807) is 0 Å². The second-order valence-corrected chi connectivity index (χ2v) is 14.5. The average molecular weight is 753 g/mol. The van der Waals surface area contributed by atoms with Crippen LogP contribution in [-0.4, -0.2) is 120 Å². The lowest BCUT2D eigenvalue weighted by molar-refractivity contribution is -0.279. The molecule has 0 aromatic heterocycles. The van der Waals surface area contributed by atoms with Gasteiger partial charge in [-0.25, -0.2) is 4.79 Å². The number of hydrogen-bond donors (Lipinski definition) is 2. The first kappa shape index (κ1) is 41.4. The van der Waals surface area contributed by atoms with Crippen molar-refractivity contribution in [3.8, 4) is 0 Å². The molecule has 2 aliphatic heterocycles. The highest BCUT2D eigenvalue weighted by atomic mass is 16.7. The highest BCUT2D eigenvalue weighted by molar-refractivity contribution is 5.78. The van der Waals surface area contributed by atoms with Gasteiger partial charge in [-0.05, 0) is 37.0 Å². The van der Waals surface area contributed by atoms with Gasteiger partial charge in [-0.1, -0.05) is 26.8 Å². The fourth-order valence-corrected chi connectivity index (χ4v) is 7.73. The zero-order valence-corrected chi connectivity index (χ0v) is 31.0. The number of aliphatic hydroxyl groups excluding tert-OH is 1. The van der Waals surface area contributed by atoms with Gasteiger partial charge in [0.15, 0.2) is 36.6 Å². The summed E-state index contributed by atoms with van der Waals surface area (Å²) in [5, 5.41) is 23.1. The van der Waals surface area contributed by atoms with Crippen molar-refractivity contribution in [1.29, 1.82) is 0 Å². The van der Waals surface area contributed by atoms with Gasteiger partial charge in [0.2, 0.25) is 0 Å². The van der Waals surface area contributed by atoms with Crippen LogP contribution >= 0.6 is 0 Å². The van der Waals surface area contributed by atoms with Crippen molar-refractivity contribution >= 4 is 41.8 Å². The van der Waals surface area contributed by atoms with Gasteiger partial charge in [0.1, 0.15) is 17.8 Å². The van der Waals surface area contributed by atoms with E-state index in [1.807, 2.05) is 13.8 Å². The van der Waals surface area contributed by atoms with Crippen molar-refractivity contribution in [2.24, 2.45) is 23.2 Å². The zero-order valence-electron chi connectivity index (χ0n) is 31.0. The number of carbonyl (C=O) groups excluding carboxylic acids is 7. The van der Waals surface area contributed by atoms with Gasteiger partial charge in [0.25, 0.3) is 0 Å². The third-order valence-electron chi connectivity index (χ3n) is 10.2. The molecule has 0 bridgehead atoms. The van der Waals surface area contributed by atoms with Crippen LogP contribution < -0.4 is 0 Å². The number of hydrogen-bond acceptors (Lipinski definition) is 17. The predicted octanol–water partition coefficient (Wildman–Crippen LogP) is 0.791. The zero-order chi connectivity index (χ0) is 39.6. The molecule has 0 aromatic carbocycles. The number of ether oxygens (including phenoxy) is 8. The monoisotopic (exact) mass is 752 g/mol. The van der Waals surface area contributed by atoms with Gasteiger partial charge in [-0.15, -0.1) is 0 Å². The van der Waals surface area contributed by atoms with E-state index < -0.39 is 120 Å². The molecule has 4 aliphatic rings. The van der Waals surface area contributed by atoms with Crippen molar-refractivity contribution in [2.45, 2.75) is 116 Å². The van der Waals surface area contributed by atoms with Crippen LogP contribution in [0.15, 0.2) is 23.8 Å². The van der Waals surface area contributed by atoms with Gasteiger partial charge in [0, 0.05) is 40.0 Å². The molecule has 0 radical (unpaired) electrons. The Balaban J connectivity index is 2.04. The summed E-state index contributed by atoms with van der Waals surface area (Å²) in [4.78, 5) is 90.5. The molecule has 1 saturated carbocycles. The Hall–Kier alpha value is -4.35. The third-order valence-corrected chi connectivity index (χ3v) is 10.2. The minimum absolute atomic E-state index is 0.0253. The molecule has 0 amide bonds. The molecule has 4 rings (SSSR count). The fraction of sp³-hybridized carbons (Fsp3) is 0.694. The lowest BCUT2D eigenvalue weighted by Gasteiger charge is -2.59. The molecule has 2 saturated heterocycles. The highest BCUT2D eigenvalue weighted by Crippen LogP contribution is 2.63. The summed E-state index contributed by atoms with van der Waals surface area (Å²) >= 11 is 0. The minimum Gasteiger partial charge on any atom is -0.459 e. The fourth-order valence-electron chi connectivity index (χ4n) is 7.73. The number of epoxide rings is 1. The number of aliphatic hydroxyl groups is 2. The lowest BCUT2D eigenvalue weighted by Crippen LogP contribution is -2.76. The van der Waals surface area contributed by atoms with Crippen molar-refractivity contribution < 1.29 is 81.7 Å². The molecule has 11 atom stereocenters. The smallest absolute Gasteiger partial charge is 0.344 e. The van der Waals surface area contributed by atoms with Gasteiger partial charge >= 0.3 is 41.8 Å². The van der Waals surface area contributed by atoms with E-state index in [2.05, 4.69) is 0 Å². The molecular weight excluding hydrogens is 704 g/mol. The topological polar surface area (TPSA) is 237 Å². The first-order valence-electron chi connectivity index (χ1n) is 17.3. The van der Waals surface area contributed by atoms with Crippen LogP contribution in [0, 0.1) is 23.2 Å². The van der Waals surface area contributed by atoms with Crippen LogP contribution in [0.3, 0.4) is 0 Å². The summed E-state index contributed by atoms with van der Waals surface area (Å²) in [5.41, 5.74) is -6.24. The first-order chi connectivity index (χ1) is 24.7. The molecule has 1 spiro atoms. The van der Waals surface area contributed by atoms with Crippen LogP contribution in [0.5, 0.6) is 0 Å². The quantitative estimate of drug-likeness (QED) is 0.169. The Labute approximate surface area is 306 Å². The molecule has 2 N–H and O–H groups in total. The number of esters is 7. The summed E-state index contributed by atoms with van der Waals surface area (Å²) in [6, 6.07) is 0. The summed E-state index contributed by atoms with van der Waals surface area (Å²) in [5.74, 6) is -9.11. The molecule has 17 heteroatoms. The minimum atomic E-state index is -2.46. The lowest BCUT2D eigenvalue weighted by atomic mass is 9.51. The van der Waals surface area contributed by atoms with E-state index in [0.717, 1.165) is 27.7 Å². The van der Waals surface area contributed by atoms with Crippen LogP contribution in [0.4, 0.5) is 0 Å². The molecule has 2 aliphatic carbocycles. The van der Waals surface area contributed by atoms with E-state index in [4.69, 9.17) is 37.9 Å². The molecule has 294 valence electrons. The SMILES string of the molecule is CC(=O)OC1[C@H]2[C@@]3(CO3)[C@H](OC(C)=O)[C@H](OC(C)=O)[C@H](OC(C)=O)[C@]2(C)[C@@H](OC(=O)COC(=O)CCC(C)C)/C=C/C(CO)=C\[C@@H]2OC(=O)[C@H](C)[C@]12O. The van der Waals surface area contributed by atoms with Crippen LogP contribution in [0.25, 0.3) is 0 Å². The van der Waals surface area contributed by atoms with Gasteiger partial charge in [-0.2, -0.15) is 0 Å². The predicted molar refractivity (Wildman–Crippen MR) is 176 cm³/mol. The third kappa shape index (κ3) is 8.26. The van der Waals surface area contributed by atoms with Crippen molar-refractivity contribution in [1.82, 2.24) is 0 Å². The largest absolute Gasteiger partial charge is 0.459 e. The van der Waals surface area contributed by atoms with E-state index in [9.17, 15) is 43.8 Å². The van der Waals surface area contributed by atoms with Crippen LogP contribution in [-0.2, 0) is 71.5 Å². The average Bonchev–Trinajstić information content (AvgIpc) is 3.81. The van der Waals surface area contributed by atoms with Crippen LogP contribution in [0.1, 0.15) is 68.2 Å². The molecule has 3 fully saturated rings. The number of fused-ring (bicyclic) bond motifs is 3. The molecule has 1 unspecified atom stereocenters. The summed E-state index contributed by atoms with van der Waals surface area (Å²) in [7, 11) is 0. The summed E-state index contributed by atoms with van der Waals surface area (Å²) in [6.07, 6.45) is -5.68. The molecule has 0 aromatic rings. The normalized spacial score (nSPS) is 37.4. The van der Waals surface area contributed by atoms with Crippen LogP contribution in [0.2, 0.25) is 0 Å². The van der Waals surface area contributed by atoms with Crippen molar-refractivity contribution in [3.63, 3.8) is 0 Å². The Bertz CT molecular complexity index is 1540. The second kappa shape index (κ2) is 15.9. The number of carbonyl (C=O) groups is 7. The molecule has 17 nitrogen and oxygen atoms in total. The van der Waals surface area contributed by atoms with E-state index in [-0.39, 0.29) is 24.5 Å². The second-order valence-electron chi connectivity index (χ2n) is 14.5. The standard InChI is InChI=1S/C36H48O17/c1-17(2)9-12-26(42)46-15-27(43)52-24-11-10-23(14-37)13-25-36(45,18(3)33(44)53-25)32(51-22(7)41)29-34(24,8)30(49-20(5)39)28(48-19(4)38)31(50-21(6)40)35(29)16-47-35/h10-11,13,17-18,24-25,28-32,37,45H,9,12,14-16H2,1-8H3/b11-10+,23-13+/t18-,24-,25-,28+,29+,30-,31+,32?,34+,35-,36+/m0/s1. The maximum Gasteiger partial charge on any atom is 0.344 e. The molecule has 2 heterocycles. The van der Waals surface area contributed by atoms with Crippen molar-refractivity contribution in [3.05, 3.63) is 23.8 Å². The first-order valence-corrected chi connectivity index (χ1v) is 17.3. The Kier molecular flexibility index (Phi) is 12.5. The summed E-state index contributed by atoms with van der Waals surface area (Å²) < 4.78 is 46.1. The Morgan fingerprint density at radius 3 is 1.98 bits per heavy atom. The number of rotatable bonds is 11. The van der Waals surface area contributed by atoms with E-state index in [1.165, 1.54) is 32.1 Å². The maximum absolute atomic E-state index is 13.6. The van der Waals surface area contributed by atoms with E-state index >= 15 is 0 Å². The van der Waals surface area contributed by atoms with E-state index in [0.29, 0.717) is 6.42 Å².